The van der Waals surface area contributed by atoms with Crippen LogP contribution in [0.1, 0.15) is 11.3 Å². The smallest absolute Gasteiger partial charge is 0.151 e. The summed E-state index contributed by atoms with van der Waals surface area (Å²) in [5.41, 5.74) is 9.29. The zero-order valence-electron chi connectivity index (χ0n) is 10.2. The first-order valence-corrected chi connectivity index (χ1v) is 7.11. The SMILES string of the molecule is CSc1ccccc1-n1nc(N)c2c1CCOC2. The number of para-hydroxylation sites is 1. The summed E-state index contributed by atoms with van der Waals surface area (Å²) in [6.07, 6.45) is 2.93. The molecule has 3 rings (SSSR count). The maximum absolute atomic E-state index is 5.97. The largest absolute Gasteiger partial charge is 0.382 e. The summed E-state index contributed by atoms with van der Waals surface area (Å²) in [7, 11) is 0. The van der Waals surface area contributed by atoms with E-state index in [0.717, 1.165) is 24.3 Å². The Morgan fingerprint density at radius 2 is 2.22 bits per heavy atom. The highest BCUT2D eigenvalue weighted by Crippen LogP contribution is 2.29. The molecule has 2 aromatic rings. The molecule has 0 saturated heterocycles. The third-order valence-corrected chi connectivity index (χ3v) is 3.95. The normalized spacial score (nSPS) is 14.5. The Kier molecular flexibility index (Phi) is 3.01. The van der Waals surface area contributed by atoms with Crippen LogP contribution in [0.2, 0.25) is 0 Å². The first-order chi connectivity index (χ1) is 8.81. The minimum atomic E-state index is 0.572. The summed E-state index contributed by atoms with van der Waals surface area (Å²) in [6.45, 7) is 1.31. The topological polar surface area (TPSA) is 53.1 Å². The van der Waals surface area contributed by atoms with Crippen molar-refractivity contribution in [2.75, 3.05) is 18.6 Å². The van der Waals surface area contributed by atoms with Crippen molar-refractivity contribution in [1.82, 2.24) is 9.78 Å². The molecule has 0 bridgehead atoms. The van der Waals surface area contributed by atoms with Crippen molar-refractivity contribution in [3.05, 3.63) is 35.5 Å². The molecule has 2 heterocycles. The predicted octanol–water partition coefficient (Wildman–Crippen LogP) is 2.25. The van der Waals surface area contributed by atoms with E-state index in [1.165, 1.54) is 10.6 Å². The molecular weight excluding hydrogens is 246 g/mol. The fraction of sp³-hybridized carbons (Fsp3) is 0.308. The van der Waals surface area contributed by atoms with E-state index < -0.39 is 0 Å². The van der Waals surface area contributed by atoms with E-state index in [9.17, 15) is 0 Å². The van der Waals surface area contributed by atoms with Crippen LogP contribution in [0.5, 0.6) is 0 Å². The molecule has 0 spiro atoms. The third kappa shape index (κ3) is 1.79. The lowest BCUT2D eigenvalue weighted by molar-refractivity contribution is 0.110. The van der Waals surface area contributed by atoms with Crippen molar-refractivity contribution in [2.24, 2.45) is 0 Å². The molecule has 4 nitrogen and oxygen atoms in total. The van der Waals surface area contributed by atoms with Gasteiger partial charge in [-0.3, -0.25) is 0 Å². The van der Waals surface area contributed by atoms with Gasteiger partial charge in [-0.15, -0.1) is 11.8 Å². The van der Waals surface area contributed by atoms with E-state index in [1.807, 2.05) is 16.8 Å². The number of hydrogen-bond donors (Lipinski definition) is 1. The predicted molar refractivity (Wildman–Crippen MR) is 73.1 cm³/mol. The quantitative estimate of drug-likeness (QED) is 0.842. The van der Waals surface area contributed by atoms with Gasteiger partial charge in [0, 0.05) is 16.9 Å². The minimum absolute atomic E-state index is 0.572. The van der Waals surface area contributed by atoms with Gasteiger partial charge in [0.15, 0.2) is 5.82 Å². The van der Waals surface area contributed by atoms with Gasteiger partial charge < -0.3 is 10.5 Å². The van der Waals surface area contributed by atoms with Crippen LogP contribution < -0.4 is 5.73 Å². The van der Waals surface area contributed by atoms with E-state index in [4.69, 9.17) is 10.5 Å². The molecule has 0 radical (unpaired) electrons. The second-order valence-electron chi connectivity index (χ2n) is 4.20. The number of thioether (sulfide) groups is 1. The zero-order chi connectivity index (χ0) is 12.5. The number of benzene rings is 1. The van der Waals surface area contributed by atoms with Crippen LogP contribution in [0.3, 0.4) is 0 Å². The molecule has 1 aliphatic heterocycles. The molecule has 94 valence electrons. The number of nitrogens with zero attached hydrogens (tertiary/aromatic N) is 2. The molecule has 0 aliphatic carbocycles. The lowest BCUT2D eigenvalue weighted by Gasteiger charge is -2.15. The Hall–Kier alpha value is -1.46. The summed E-state index contributed by atoms with van der Waals surface area (Å²) in [4.78, 5) is 1.20. The van der Waals surface area contributed by atoms with Gasteiger partial charge >= 0.3 is 0 Å². The molecule has 0 unspecified atom stereocenters. The fourth-order valence-corrected chi connectivity index (χ4v) is 2.84. The monoisotopic (exact) mass is 261 g/mol. The van der Waals surface area contributed by atoms with Gasteiger partial charge in [0.1, 0.15) is 0 Å². The second-order valence-corrected chi connectivity index (χ2v) is 5.04. The highest BCUT2D eigenvalue weighted by molar-refractivity contribution is 7.98. The van der Waals surface area contributed by atoms with E-state index in [0.29, 0.717) is 12.4 Å². The number of anilines is 1. The van der Waals surface area contributed by atoms with Crippen molar-refractivity contribution >= 4 is 17.6 Å². The number of rotatable bonds is 2. The van der Waals surface area contributed by atoms with E-state index >= 15 is 0 Å². The van der Waals surface area contributed by atoms with E-state index in [2.05, 4.69) is 23.5 Å². The first-order valence-electron chi connectivity index (χ1n) is 5.88. The highest BCUT2D eigenvalue weighted by Gasteiger charge is 2.21. The summed E-state index contributed by atoms with van der Waals surface area (Å²) in [5, 5.41) is 4.47. The Labute approximate surface area is 110 Å². The van der Waals surface area contributed by atoms with Crippen LogP contribution in [-0.2, 0) is 17.8 Å². The average molecular weight is 261 g/mol. The van der Waals surface area contributed by atoms with Crippen LogP contribution in [0.15, 0.2) is 29.2 Å². The van der Waals surface area contributed by atoms with E-state index in [-0.39, 0.29) is 0 Å². The number of aromatic nitrogens is 2. The van der Waals surface area contributed by atoms with Gasteiger partial charge in [-0.05, 0) is 18.4 Å². The Bertz CT molecular complexity index is 580. The summed E-state index contributed by atoms with van der Waals surface area (Å²) in [6, 6.07) is 8.24. The molecule has 1 aliphatic rings. The molecule has 0 atom stereocenters. The van der Waals surface area contributed by atoms with Crippen molar-refractivity contribution in [3.63, 3.8) is 0 Å². The number of nitrogens with two attached hydrogens (primary N) is 1. The molecule has 2 N–H and O–H groups in total. The highest BCUT2D eigenvalue weighted by atomic mass is 32.2. The second kappa shape index (κ2) is 4.66. The Morgan fingerprint density at radius 3 is 3.06 bits per heavy atom. The van der Waals surface area contributed by atoms with Crippen LogP contribution in [0, 0.1) is 0 Å². The number of ether oxygens (including phenoxy) is 1. The molecular formula is C13H15N3OS. The molecule has 18 heavy (non-hydrogen) atoms. The van der Waals surface area contributed by atoms with Crippen molar-refractivity contribution < 1.29 is 4.74 Å². The number of nitrogen functional groups attached to an aromatic ring is 1. The Morgan fingerprint density at radius 1 is 1.39 bits per heavy atom. The molecule has 0 amide bonds. The van der Waals surface area contributed by atoms with Gasteiger partial charge in [-0.25, -0.2) is 4.68 Å². The minimum Gasteiger partial charge on any atom is -0.382 e. The third-order valence-electron chi connectivity index (χ3n) is 3.16. The molecule has 1 aromatic heterocycles. The summed E-state index contributed by atoms with van der Waals surface area (Å²) >= 11 is 1.72. The average Bonchev–Trinajstić information content (AvgIpc) is 2.77. The number of hydrogen-bond acceptors (Lipinski definition) is 4. The first kappa shape index (κ1) is 11.6. The van der Waals surface area contributed by atoms with Gasteiger partial charge in [-0.1, -0.05) is 12.1 Å². The summed E-state index contributed by atoms with van der Waals surface area (Å²) < 4.78 is 7.42. The standard InChI is InChI=1S/C13H15N3OS/c1-18-12-5-3-2-4-11(12)16-10-6-7-17-8-9(10)13(14)15-16/h2-5H,6-8H2,1H3,(H2,14,15). The van der Waals surface area contributed by atoms with E-state index in [1.54, 1.807) is 11.8 Å². The molecule has 0 saturated carbocycles. The lowest BCUT2D eigenvalue weighted by atomic mass is 10.1. The van der Waals surface area contributed by atoms with Gasteiger partial charge in [-0.2, -0.15) is 5.10 Å². The lowest BCUT2D eigenvalue weighted by Crippen LogP contribution is -2.13. The van der Waals surface area contributed by atoms with Gasteiger partial charge in [0.25, 0.3) is 0 Å². The van der Waals surface area contributed by atoms with Gasteiger partial charge in [0.2, 0.25) is 0 Å². The molecule has 0 fully saturated rings. The number of fused-ring (bicyclic) bond motifs is 1. The molecule has 5 heteroatoms. The maximum Gasteiger partial charge on any atom is 0.151 e. The molecule has 1 aromatic carbocycles. The van der Waals surface area contributed by atoms with Gasteiger partial charge in [0.05, 0.1) is 24.6 Å². The van der Waals surface area contributed by atoms with Crippen LogP contribution >= 0.6 is 11.8 Å². The van der Waals surface area contributed by atoms with Crippen molar-refractivity contribution in [1.29, 1.82) is 0 Å². The summed E-state index contributed by atoms with van der Waals surface area (Å²) in [5.74, 6) is 0.584. The van der Waals surface area contributed by atoms with Crippen LogP contribution in [0.25, 0.3) is 5.69 Å². The Balaban J connectivity index is 2.17. The van der Waals surface area contributed by atoms with Crippen LogP contribution in [0.4, 0.5) is 5.82 Å². The van der Waals surface area contributed by atoms with Crippen LogP contribution in [-0.4, -0.2) is 22.6 Å². The maximum atomic E-state index is 5.97. The van der Waals surface area contributed by atoms with Crippen molar-refractivity contribution in [2.45, 2.75) is 17.9 Å². The fourth-order valence-electron chi connectivity index (χ4n) is 2.27. The zero-order valence-corrected chi connectivity index (χ0v) is 11.0. The van der Waals surface area contributed by atoms with Crippen molar-refractivity contribution in [3.8, 4) is 5.69 Å².